The first-order valence-electron chi connectivity index (χ1n) is 9.84. The number of unbranched alkanes of at least 4 members (excludes halogenated alkanes) is 9. The number of H-pyrrole nitrogens is 1. The van der Waals surface area contributed by atoms with Crippen molar-refractivity contribution in [3.63, 3.8) is 0 Å². The van der Waals surface area contributed by atoms with Crippen LogP contribution in [0.15, 0.2) is 29.1 Å². The van der Waals surface area contributed by atoms with Crippen LogP contribution in [0.5, 0.6) is 0 Å². The molecule has 0 amide bonds. The number of aromatic amines is 1. The van der Waals surface area contributed by atoms with Gasteiger partial charge >= 0.3 is 0 Å². The normalized spacial score (nSPS) is 11.2. The summed E-state index contributed by atoms with van der Waals surface area (Å²) in [5.74, 6) is 0. The van der Waals surface area contributed by atoms with Crippen LogP contribution >= 0.6 is 0 Å². The molecule has 0 aliphatic heterocycles. The largest absolute Gasteiger partial charge is 0.358 e. The molecule has 1 N–H and O–H groups in total. The molecule has 0 radical (unpaired) electrons. The first-order chi connectivity index (χ1) is 11.7. The minimum Gasteiger partial charge on any atom is -0.358 e. The number of pyridine rings is 1. The smallest absolute Gasteiger partial charge is 0.192 e. The standard InChI is InChI=1S/C22H33NO/c1-3-4-5-6-7-8-9-10-11-12-15-19-18(2)23-21-17-14-13-16-20(21)22(19)24/h13-14,16-17H,3-12,15H2,1-2H3,(H,23,24). The van der Waals surface area contributed by atoms with Crippen molar-refractivity contribution in [1.82, 2.24) is 4.98 Å². The zero-order valence-electron chi connectivity index (χ0n) is 15.5. The van der Waals surface area contributed by atoms with Gasteiger partial charge in [0.05, 0.1) is 0 Å². The van der Waals surface area contributed by atoms with Gasteiger partial charge < -0.3 is 4.98 Å². The van der Waals surface area contributed by atoms with E-state index in [4.69, 9.17) is 0 Å². The first-order valence-corrected chi connectivity index (χ1v) is 9.84. The van der Waals surface area contributed by atoms with E-state index < -0.39 is 0 Å². The molecule has 0 fully saturated rings. The van der Waals surface area contributed by atoms with Gasteiger partial charge in [0.2, 0.25) is 0 Å². The summed E-state index contributed by atoms with van der Waals surface area (Å²) in [5.41, 5.74) is 3.19. The van der Waals surface area contributed by atoms with Gasteiger partial charge in [0.15, 0.2) is 5.43 Å². The van der Waals surface area contributed by atoms with Crippen molar-refractivity contribution < 1.29 is 0 Å². The fourth-order valence-corrected chi connectivity index (χ4v) is 3.49. The molecule has 1 aromatic heterocycles. The third kappa shape index (κ3) is 5.51. The van der Waals surface area contributed by atoms with Crippen LogP contribution in [0.25, 0.3) is 10.9 Å². The van der Waals surface area contributed by atoms with Crippen molar-refractivity contribution in [3.8, 4) is 0 Å². The van der Waals surface area contributed by atoms with Gasteiger partial charge in [-0.2, -0.15) is 0 Å². The summed E-state index contributed by atoms with van der Waals surface area (Å²) in [6.45, 7) is 4.29. The number of para-hydroxylation sites is 1. The number of hydrogen-bond donors (Lipinski definition) is 1. The Morgan fingerprint density at radius 2 is 1.42 bits per heavy atom. The minimum atomic E-state index is 0.220. The van der Waals surface area contributed by atoms with Crippen LogP contribution in [0.1, 0.15) is 82.4 Å². The lowest BCUT2D eigenvalue weighted by molar-refractivity contribution is 0.556. The summed E-state index contributed by atoms with van der Waals surface area (Å²) in [5, 5.41) is 0.824. The van der Waals surface area contributed by atoms with Crippen molar-refractivity contribution in [3.05, 3.63) is 45.7 Å². The lowest BCUT2D eigenvalue weighted by atomic mass is 10.0. The maximum Gasteiger partial charge on any atom is 0.192 e. The van der Waals surface area contributed by atoms with Crippen molar-refractivity contribution in [1.29, 1.82) is 0 Å². The lowest BCUT2D eigenvalue weighted by Crippen LogP contribution is -2.13. The molecule has 0 aliphatic rings. The Labute approximate surface area is 146 Å². The molecule has 0 saturated carbocycles. The Morgan fingerprint density at radius 3 is 2.08 bits per heavy atom. The molecular formula is C22H33NO. The number of aromatic nitrogens is 1. The molecule has 0 spiro atoms. The van der Waals surface area contributed by atoms with Crippen LogP contribution < -0.4 is 5.43 Å². The SMILES string of the molecule is CCCCCCCCCCCCc1c(C)[nH]c2ccccc2c1=O. The molecule has 1 aromatic carbocycles. The third-order valence-corrected chi connectivity index (χ3v) is 5.00. The van der Waals surface area contributed by atoms with Crippen molar-refractivity contribution in [2.75, 3.05) is 0 Å². The molecule has 1 heterocycles. The van der Waals surface area contributed by atoms with E-state index in [0.29, 0.717) is 0 Å². The average molecular weight is 328 g/mol. The Hall–Kier alpha value is -1.57. The van der Waals surface area contributed by atoms with Gasteiger partial charge in [-0.15, -0.1) is 0 Å². The van der Waals surface area contributed by atoms with Crippen molar-refractivity contribution in [2.45, 2.75) is 84.5 Å². The summed E-state index contributed by atoms with van der Waals surface area (Å²) < 4.78 is 0. The summed E-state index contributed by atoms with van der Waals surface area (Å²) in [7, 11) is 0. The lowest BCUT2D eigenvalue weighted by Gasteiger charge is -2.08. The highest BCUT2D eigenvalue weighted by Crippen LogP contribution is 2.15. The molecule has 2 aromatic rings. The van der Waals surface area contributed by atoms with E-state index in [0.717, 1.165) is 35.0 Å². The topological polar surface area (TPSA) is 32.9 Å². The van der Waals surface area contributed by atoms with Crippen LogP contribution in [-0.4, -0.2) is 4.98 Å². The van der Waals surface area contributed by atoms with Gasteiger partial charge in [-0.3, -0.25) is 4.79 Å². The first kappa shape index (κ1) is 18.8. The van der Waals surface area contributed by atoms with E-state index in [1.165, 1.54) is 57.8 Å². The second kappa shape index (κ2) is 10.3. The molecule has 2 heteroatoms. The fraction of sp³-hybridized carbons (Fsp3) is 0.591. The zero-order valence-corrected chi connectivity index (χ0v) is 15.5. The van der Waals surface area contributed by atoms with E-state index in [9.17, 15) is 4.79 Å². The highest BCUT2D eigenvalue weighted by atomic mass is 16.1. The highest BCUT2D eigenvalue weighted by molar-refractivity contribution is 5.79. The number of fused-ring (bicyclic) bond motifs is 1. The van der Waals surface area contributed by atoms with Crippen LogP contribution in [0.3, 0.4) is 0 Å². The van der Waals surface area contributed by atoms with Gasteiger partial charge in [0, 0.05) is 22.2 Å². The number of aryl methyl sites for hydroxylation is 1. The molecular weight excluding hydrogens is 294 g/mol. The Balaban J connectivity index is 1.71. The van der Waals surface area contributed by atoms with Gasteiger partial charge in [-0.05, 0) is 31.9 Å². The van der Waals surface area contributed by atoms with Gasteiger partial charge in [-0.25, -0.2) is 0 Å². The predicted octanol–water partition coefficient (Wildman–Crippen LogP) is 6.30. The predicted molar refractivity (Wildman–Crippen MR) is 105 cm³/mol. The summed E-state index contributed by atoms with van der Waals surface area (Å²) in [6.07, 6.45) is 14.2. The van der Waals surface area contributed by atoms with Gasteiger partial charge in [-0.1, -0.05) is 76.8 Å². The maximum absolute atomic E-state index is 12.6. The van der Waals surface area contributed by atoms with E-state index in [2.05, 4.69) is 11.9 Å². The van der Waals surface area contributed by atoms with Crippen LogP contribution in [-0.2, 0) is 6.42 Å². The van der Waals surface area contributed by atoms with E-state index in [-0.39, 0.29) is 5.43 Å². The van der Waals surface area contributed by atoms with Crippen LogP contribution in [0.4, 0.5) is 0 Å². The van der Waals surface area contributed by atoms with Crippen LogP contribution in [0.2, 0.25) is 0 Å². The number of hydrogen-bond acceptors (Lipinski definition) is 1. The molecule has 24 heavy (non-hydrogen) atoms. The monoisotopic (exact) mass is 327 g/mol. The quantitative estimate of drug-likeness (QED) is 0.483. The maximum atomic E-state index is 12.6. The van der Waals surface area contributed by atoms with Crippen molar-refractivity contribution >= 4 is 10.9 Å². The molecule has 2 rings (SSSR count). The summed E-state index contributed by atoms with van der Waals surface area (Å²) in [4.78, 5) is 16.0. The molecule has 2 nitrogen and oxygen atoms in total. The molecule has 0 saturated heterocycles. The zero-order chi connectivity index (χ0) is 17.2. The van der Waals surface area contributed by atoms with E-state index >= 15 is 0 Å². The van der Waals surface area contributed by atoms with E-state index in [1.807, 2.05) is 31.2 Å². The second-order valence-electron chi connectivity index (χ2n) is 7.04. The minimum absolute atomic E-state index is 0.220. The average Bonchev–Trinajstić information content (AvgIpc) is 2.59. The molecule has 0 bridgehead atoms. The Morgan fingerprint density at radius 1 is 0.833 bits per heavy atom. The molecule has 0 aliphatic carbocycles. The Kier molecular flexibility index (Phi) is 8.07. The van der Waals surface area contributed by atoms with Crippen LogP contribution in [0, 0.1) is 6.92 Å². The number of nitrogens with one attached hydrogen (secondary N) is 1. The van der Waals surface area contributed by atoms with Crippen molar-refractivity contribution in [2.24, 2.45) is 0 Å². The number of benzene rings is 1. The fourth-order valence-electron chi connectivity index (χ4n) is 3.49. The summed E-state index contributed by atoms with van der Waals surface area (Å²) >= 11 is 0. The highest BCUT2D eigenvalue weighted by Gasteiger charge is 2.08. The molecule has 132 valence electrons. The summed E-state index contributed by atoms with van der Waals surface area (Å²) in [6, 6.07) is 7.82. The second-order valence-corrected chi connectivity index (χ2v) is 7.04. The Bertz CT molecular complexity index is 671. The molecule has 0 atom stereocenters. The van der Waals surface area contributed by atoms with E-state index in [1.54, 1.807) is 0 Å². The van der Waals surface area contributed by atoms with Gasteiger partial charge in [0.25, 0.3) is 0 Å². The number of rotatable bonds is 11. The van der Waals surface area contributed by atoms with Gasteiger partial charge in [0.1, 0.15) is 0 Å². The molecule has 0 unspecified atom stereocenters. The third-order valence-electron chi connectivity index (χ3n) is 5.00.